The molecule has 7 heteroatoms. The van der Waals surface area contributed by atoms with Crippen LogP contribution in [0.2, 0.25) is 0 Å². The molecule has 126 valence electrons. The van der Waals surface area contributed by atoms with Gasteiger partial charge in [0.1, 0.15) is 0 Å². The molecule has 0 saturated carbocycles. The topological polar surface area (TPSA) is 91.8 Å². The van der Waals surface area contributed by atoms with Gasteiger partial charge in [-0.1, -0.05) is 18.2 Å². The predicted octanol–water partition coefficient (Wildman–Crippen LogP) is 3.63. The minimum absolute atomic E-state index is 0.120. The lowest BCUT2D eigenvalue weighted by molar-refractivity contribution is -0.114. The van der Waals surface area contributed by atoms with Gasteiger partial charge in [-0.05, 0) is 42.8 Å². The maximum absolute atomic E-state index is 11.2. The zero-order chi connectivity index (χ0) is 17.6. The van der Waals surface area contributed by atoms with Gasteiger partial charge in [-0.3, -0.25) is 4.79 Å². The summed E-state index contributed by atoms with van der Waals surface area (Å²) in [6.45, 7) is 3.49. The predicted molar refractivity (Wildman–Crippen MR) is 98.3 cm³/mol. The number of hydrogen-bond acceptors (Lipinski definition) is 6. The lowest BCUT2D eigenvalue weighted by Gasteiger charge is -2.09. The molecule has 3 aromatic rings. The molecular formula is C18H18N6O. The summed E-state index contributed by atoms with van der Waals surface area (Å²) < 4.78 is 0. The zero-order valence-electron chi connectivity index (χ0n) is 13.9. The standard InChI is InChI=1S/C18H18N6O/c1-12-5-3-6-14(9-12)22-18-23-17(11-19-24-18)21-16-8-4-7-15(10-16)20-13(2)25/h3-11H,1-2H3,(H,20,25)(H2,21,22,23,24). The molecule has 0 unspecified atom stereocenters. The van der Waals surface area contributed by atoms with E-state index in [-0.39, 0.29) is 5.91 Å². The second-order valence-electron chi connectivity index (χ2n) is 5.55. The maximum Gasteiger partial charge on any atom is 0.249 e. The average molecular weight is 334 g/mol. The van der Waals surface area contributed by atoms with Gasteiger partial charge in [-0.25, -0.2) is 0 Å². The second-order valence-corrected chi connectivity index (χ2v) is 5.55. The van der Waals surface area contributed by atoms with Gasteiger partial charge in [0.15, 0.2) is 5.82 Å². The molecule has 0 spiro atoms. The molecule has 0 aliphatic carbocycles. The highest BCUT2D eigenvalue weighted by atomic mass is 16.1. The molecule has 0 saturated heterocycles. The number of hydrogen-bond donors (Lipinski definition) is 3. The van der Waals surface area contributed by atoms with Gasteiger partial charge < -0.3 is 16.0 Å². The van der Waals surface area contributed by atoms with Crippen molar-refractivity contribution >= 4 is 34.7 Å². The van der Waals surface area contributed by atoms with Crippen LogP contribution in [0, 0.1) is 6.92 Å². The van der Waals surface area contributed by atoms with Crippen molar-refractivity contribution in [3.8, 4) is 0 Å². The van der Waals surface area contributed by atoms with Crippen molar-refractivity contribution < 1.29 is 4.79 Å². The van der Waals surface area contributed by atoms with Crippen LogP contribution in [-0.2, 0) is 4.79 Å². The molecule has 0 atom stereocenters. The SMILES string of the molecule is CC(=O)Nc1cccc(Nc2cnnc(Nc3cccc(C)c3)n2)c1. The summed E-state index contributed by atoms with van der Waals surface area (Å²) in [5.41, 5.74) is 3.53. The maximum atomic E-state index is 11.2. The summed E-state index contributed by atoms with van der Waals surface area (Å²) in [6.07, 6.45) is 1.53. The minimum atomic E-state index is -0.120. The number of carbonyl (C=O) groups excluding carboxylic acids is 1. The van der Waals surface area contributed by atoms with Crippen LogP contribution in [0.4, 0.5) is 28.8 Å². The summed E-state index contributed by atoms with van der Waals surface area (Å²) in [4.78, 5) is 15.6. The van der Waals surface area contributed by atoms with E-state index in [2.05, 4.69) is 31.1 Å². The molecule has 1 amide bonds. The van der Waals surface area contributed by atoms with Crippen molar-refractivity contribution in [2.24, 2.45) is 0 Å². The average Bonchev–Trinajstić information content (AvgIpc) is 2.55. The highest BCUT2D eigenvalue weighted by molar-refractivity contribution is 5.89. The van der Waals surface area contributed by atoms with Gasteiger partial charge in [-0.2, -0.15) is 10.1 Å². The van der Waals surface area contributed by atoms with Gasteiger partial charge in [0.2, 0.25) is 11.9 Å². The summed E-state index contributed by atoms with van der Waals surface area (Å²) >= 11 is 0. The number of amides is 1. The van der Waals surface area contributed by atoms with E-state index in [1.165, 1.54) is 13.1 Å². The molecule has 25 heavy (non-hydrogen) atoms. The fourth-order valence-electron chi connectivity index (χ4n) is 2.29. The molecule has 7 nitrogen and oxygen atoms in total. The molecule has 0 aliphatic heterocycles. The molecule has 1 aromatic heterocycles. The molecule has 2 aromatic carbocycles. The number of anilines is 5. The Hall–Kier alpha value is -3.48. The number of aromatic nitrogens is 3. The monoisotopic (exact) mass is 334 g/mol. The van der Waals surface area contributed by atoms with Crippen LogP contribution in [-0.4, -0.2) is 21.1 Å². The number of benzene rings is 2. The first-order valence-electron chi connectivity index (χ1n) is 7.76. The quantitative estimate of drug-likeness (QED) is 0.660. The van der Waals surface area contributed by atoms with Crippen molar-refractivity contribution in [2.45, 2.75) is 13.8 Å². The Balaban J connectivity index is 1.74. The fraction of sp³-hybridized carbons (Fsp3) is 0.111. The second kappa shape index (κ2) is 7.39. The van der Waals surface area contributed by atoms with E-state index in [0.29, 0.717) is 17.5 Å². The highest BCUT2D eigenvalue weighted by Gasteiger charge is 2.03. The highest BCUT2D eigenvalue weighted by Crippen LogP contribution is 2.20. The Morgan fingerprint density at radius 1 is 0.960 bits per heavy atom. The van der Waals surface area contributed by atoms with Gasteiger partial charge in [-0.15, -0.1) is 5.10 Å². The van der Waals surface area contributed by atoms with E-state index in [9.17, 15) is 4.79 Å². The van der Waals surface area contributed by atoms with E-state index in [1.54, 1.807) is 0 Å². The molecule has 0 aliphatic rings. The van der Waals surface area contributed by atoms with Crippen LogP contribution in [0.25, 0.3) is 0 Å². The molecule has 3 rings (SSSR count). The van der Waals surface area contributed by atoms with E-state index >= 15 is 0 Å². The lowest BCUT2D eigenvalue weighted by Crippen LogP contribution is -2.06. The van der Waals surface area contributed by atoms with Crippen molar-refractivity contribution in [1.29, 1.82) is 0 Å². The summed E-state index contributed by atoms with van der Waals surface area (Å²) in [5, 5.41) is 17.0. The number of carbonyl (C=O) groups is 1. The summed E-state index contributed by atoms with van der Waals surface area (Å²) in [6, 6.07) is 15.3. The lowest BCUT2D eigenvalue weighted by atomic mass is 10.2. The third-order valence-electron chi connectivity index (χ3n) is 3.29. The van der Waals surface area contributed by atoms with E-state index in [0.717, 1.165) is 16.9 Å². The number of nitrogens with one attached hydrogen (secondary N) is 3. The van der Waals surface area contributed by atoms with Crippen molar-refractivity contribution in [2.75, 3.05) is 16.0 Å². The van der Waals surface area contributed by atoms with Crippen LogP contribution >= 0.6 is 0 Å². The van der Waals surface area contributed by atoms with E-state index in [1.807, 2.05) is 55.5 Å². The Morgan fingerprint density at radius 3 is 2.44 bits per heavy atom. The van der Waals surface area contributed by atoms with E-state index < -0.39 is 0 Å². The normalized spacial score (nSPS) is 10.2. The minimum Gasteiger partial charge on any atom is -0.339 e. The smallest absolute Gasteiger partial charge is 0.249 e. The van der Waals surface area contributed by atoms with Crippen LogP contribution < -0.4 is 16.0 Å². The van der Waals surface area contributed by atoms with Crippen LogP contribution in [0.1, 0.15) is 12.5 Å². The Kier molecular flexibility index (Phi) is 4.84. The first-order chi connectivity index (χ1) is 12.1. The van der Waals surface area contributed by atoms with Gasteiger partial charge in [0.25, 0.3) is 0 Å². The molecule has 0 radical (unpaired) electrons. The van der Waals surface area contributed by atoms with Crippen molar-refractivity contribution in [3.05, 3.63) is 60.3 Å². The van der Waals surface area contributed by atoms with Gasteiger partial charge in [0, 0.05) is 24.0 Å². The van der Waals surface area contributed by atoms with Crippen LogP contribution in [0.15, 0.2) is 54.7 Å². The third-order valence-corrected chi connectivity index (χ3v) is 3.29. The molecular weight excluding hydrogens is 316 g/mol. The Morgan fingerprint density at radius 2 is 1.68 bits per heavy atom. The molecule has 3 N–H and O–H groups in total. The first kappa shape index (κ1) is 16.4. The summed E-state index contributed by atoms with van der Waals surface area (Å²) in [7, 11) is 0. The molecule has 0 fully saturated rings. The van der Waals surface area contributed by atoms with Crippen molar-refractivity contribution in [3.63, 3.8) is 0 Å². The zero-order valence-corrected chi connectivity index (χ0v) is 13.9. The number of nitrogens with zero attached hydrogens (tertiary/aromatic N) is 3. The largest absolute Gasteiger partial charge is 0.339 e. The Labute approximate surface area is 145 Å². The molecule has 1 heterocycles. The third kappa shape index (κ3) is 4.74. The fourth-order valence-corrected chi connectivity index (χ4v) is 2.29. The van der Waals surface area contributed by atoms with Crippen molar-refractivity contribution in [1.82, 2.24) is 15.2 Å². The van der Waals surface area contributed by atoms with Gasteiger partial charge in [0.05, 0.1) is 6.20 Å². The molecule has 0 bridgehead atoms. The van der Waals surface area contributed by atoms with E-state index in [4.69, 9.17) is 0 Å². The number of rotatable bonds is 5. The number of aryl methyl sites for hydroxylation is 1. The first-order valence-corrected chi connectivity index (χ1v) is 7.76. The van der Waals surface area contributed by atoms with Gasteiger partial charge >= 0.3 is 0 Å². The Bertz CT molecular complexity index is 896. The van der Waals surface area contributed by atoms with Crippen LogP contribution in [0.3, 0.4) is 0 Å². The van der Waals surface area contributed by atoms with Crippen LogP contribution in [0.5, 0.6) is 0 Å². The summed E-state index contributed by atoms with van der Waals surface area (Å²) in [5.74, 6) is 0.823.